The fraction of sp³-hybridized carbons (Fsp3) is 0.417. The smallest absolute Gasteiger partial charge is 0.188 e. The number of hydrogen-bond donors (Lipinski definition) is 1. The first-order chi connectivity index (χ1) is 6.69. The Bertz CT molecular complexity index is 318. The molecule has 0 heterocycles. The summed E-state index contributed by atoms with van der Waals surface area (Å²) < 4.78 is 0. The molecule has 0 spiro atoms. The number of carbonyl (C=O) groups is 1. The number of aliphatic hydroxyl groups is 1. The maximum absolute atomic E-state index is 11.2. The highest BCUT2D eigenvalue weighted by Gasteiger charge is 2.07. The Balaban J connectivity index is 2.95. The lowest BCUT2D eigenvalue weighted by atomic mass is 9.96. The molecule has 1 N–H and O–H groups in total. The highest BCUT2D eigenvalue weighted by molar-refractivity contribution is 5.97. The van der Waals surface area contributed by atoms with Crippen LogP contribution in [-0.4, -0.2) is 17.5 Å². The summed E-state index contributed by atoms with van der Waals surface area (Å²) in [5, 5.41) is 8.73. The highest BCUT2D eigenvalue weighted by atomic mass is 16.3. The van der Waals surface area contributed by atoms with Crippen LogP contribution in [0.2, 0.25) is 0 Å². The zero-order chi connectivity index (χ0) is 10.6. The summed E-state index contributed by atoms with van der Waals surface area (Å²) in [6.45, 7) is 3.83. The number of Topliss-reactive ketones (excluding diaryl/α,β-unsaturated/α-hetero) is 1. The van der Waals surface area contributed by atoms with Crippen LogP contribution in [0.3, 0.4) is 0 Å². The van der Waals surface area contributed by atoms with Crippen LogP contribution in [-0.2, 0) is 0 Å². The van der Waals surface area contributed by atoms with Gasteiger partial charge in [0, 0.05) is 5.56 Å². The third kappa shape index (κ3) is 2.42. The van der Waals surface area contributed by atoms with Gasteiger partial charge in [-0.2, -0.15) is 0 Å². The van der Waals surface area contributed by atoms with Gasteiger partial charge < -0.3 is 5.11 Å². The van der Waals surface area contributed by atoms with Gasteiger partial charge in [0.05, 0.1) is 0 Å². The van der Waals surface area contributed by atoms with Crippen LogP contribution in [0.1, 0.15) is 42.1 Å². The second kappa shape index (κ2) is 4.91. The first-order valence-electron chi connectivity index (χ1n) is 4.93. The summed E-state index contributed by atoms with van der Waals surface area (Å²) in [7, 11) is 0. The van der Waals surface area contributed by atoms with Crippen molar-refractivity contribution >= 4 is 5.78 Å². The molecular weight excluding hydrogens is 176 g/mol. The van der Waals surface area contributed by atoms with Crippen LogP contribution in [0.15, 0.2) is 24.3 Å². The van der Waals surface area contributed by atoms with E-state index in [9.17, 15) is 4.79 Å². The molecule has 0 amide bonds. The normalized spacial score (nSPS) is 12.5. The molecular formula is C12H16O2. The monoisotopic (exact) mass is 192 g/mol. The molecule has 1 rings (SSSR count). The van der Waals surface area contributed by atoms with Gasteiger partial charge in [-0.05, 0) is 24.0 Å². The lowest BCUT2D eigenvalue weighted by Crippen LogP contribution is -2.05. The Morgan fingerprint density at radius 3 is 2.79 bits per heavy atom. The molecule has 0 aromatic heterocycles. The predicted octanol–water partition coefficient (Wildman–Crippen LogP) is 2.38. The van der Waals surface area contributed by atoms with Gasteiger partial charge in [-0.3, -0.25) is 4.79 Å². The molecule has 0 saturated heterocycles. The van der Waals surface area contributed by atoms with Crippen LogP contribution < -0.4 is 0 Å². The molecule has 1 aromatic rings. The molecule has 76 valence electrons. The van der Waals surface area contributed by atoms with Gasteiger partial charge in [-0.15, -0.1) is 0 Å². The molecule has 2 heteroatoms. The van der Waals surface area contributed by atoms with Crippen molar-refractivity contribution in [2.24, 2.45) is 0 Å². The minimum absolute atomic E-state index is 0.213. The maximum Gasteiger partial charge on any atom is 0.188 e. The number of rotatable bonds is 4. The standard InChI is InChI=1S/C12H16O2/c1-3-9(2)10-5-4-6-11(7-10)12(14)8-13/h4-7,9,13H,3,8H2,1-2H3. The van der Waals surface area contributed by atoms with Gasteiger partial charge >= 0.3 is 0 Å². The van der Waals surface area contributed by atoms with Gasteiger partial charge in [0.15, 0.2) is 5.78 Å². The van der Waals surface area contributed by atoms with E-state index < -0.39 is 6.61 Å². The third-order valence-electron chi connectivity index (χ3n) is 2.53. The summed E-state index contributed by atoms with van der Waals surface area (Å²) in [6.07, 6.45) is 1.05. The van der Waals surface area contributed by atoms with Crippen molar-refractivity contribution in [1.29, 1.82) is 0 Å². The first-order valence-corrected chi connectivity index (χ1v) is 4.93. The second-order valence-corrected chi connectivity index (χ2v) is 3.52. The van der Waals surface area contributed by atoms with Crippen molar-refractivity contribution in [2.45, 2.75) is 26.2 Å². The largest absolute Gasteiger partial charge is 0.388 e. The molecule has 1 unspecified atom stereocenters. The topological polar surface area (TPSA) is 37.3 Å². The van der Waals surface area contributed by atoms with Crippen LogP contribution in [0.4, 0.5) is 0 Å². The van der Waals surface area contributed by atoms with E-state index in [1.165, 1.54) is 0 Å². The van der Waals surface area contributed by atoms with Gasteiger partial charge in [0.25, 0.3) is 0 Å². The Morgan fingerprint density at radius 2 is 2.21 bits per heavy atom. The van der Waals surface area contributed by atoms with Crippen molar-refractivity contribution in [3.63, 3.8) is 0 Å². The minimum atomic E-state index is -0.413. The fourth-order valence-electron chi connectivity index (χ4n) is 1.35. The molecule has 2 nitrogen and oxygen atoms in total. The zero-order valence-electron chi connectivity index (χ0n) is 8.66. The summed E-state index contributed by atoms with van der Waals surface area (Å²) >= 11 is 0. The van der Waals surface area contributed by atoms with Crippen molar-refractivity contribution in [3.05, 3.63) is 35.4 Å². The Morgan fingerprint density at radius 1 is 1.50 bits per heavy atom. The Hall–Kier alpha value is -1.15. The first kappa shape index (κ1) is 10.9. The number of hydrogen-bond acceptors (Lipinski definition) is 2. The fourth-order valence-corrected chi connectivity index (χ4v) is 1.35. The van der Waals surface area contributed by atoms with Gasteiger partial charge in [0.2, 0.25) is 0 Å². The Kier molecular flexibility index (Phi) is 3.84. The molecule has 1 atom stereocenters. The average Bonchev–Trinajstić information content (AvgIpc) is 2.27. The van der Waals surface area contributed by atoms with Gasteiger partial charge in [0.1, 0.15) is 6.61 Å². The predicted molar refractivity (Wildman–Crippen MR) is 56.6 cm³/mol. The van der Waals surface area contributed by atoms with E-state index in [0.29, 0.717) is 11.5 Å². The van der Waals surface area contributed by atoms with Crippen molar-refractivity contribution < 1.29 is 9.90 Å². The molecule has 0 radical (unpaired) electrons. The molecule has 0 aliphatic carbocycles. The van der Waals surface area contributed by atoms with Crippen molar-refractivity contribution in [3.8, 4) is 0 Å². The lowest BCUT2D eigenvalue weighted by Gasteiger charge is -2.09. The summed E-state index contributed by atoms with van der Waals surface area (Å²) in [4.78, 5) is 11.2. The highest BCUT2D eigenvalue weighted by Crippen LogP contribution is 2.19. The minimum Gasteiger partial charge on any atom is -0.388 e. The molecule has 1 aromatic carbocycles. The quantitative estimate of drug-likeness (QED) is 0.744. The van der Waals surface area contributed by atoms with Crippen molar-refractivity contribution in [1.82, 2.24) is 0 Å². The van der Waals surface area contributed by atoms with E-state index in [0.717, 1.165) is 12.0 Å². The van der Waals surface area contributed by atoms with E-state index >= 15 is 0 Å². The number of aliphatic hydroxyl groups excluding tert-OH is 1. The zero-order valence-corrected chi connectivity index (χ0v) is 8.66. The summed E-state index contributed by atoms with van der Waals surface area (Å²) in [5.41, 5.74) is 1.76. The van der Waals surface area contributed by atoms with Gasteiger partial charge in [-0.1, -0.05) is 32.0 Å². The van der Waals surface area contributed by atoms with Crippen LogP contribution >= 0.6 is 0 Å². The number of carbonyl (C=O) groups excluding carboxylic acids is 1. The molecule has 0 saturated carbocycles. The lowest BCUT2D eigenvalue weighted by molar-refractivity contribution is 0.0903. The molecule has 14 heavy (non-hydrogen) atoms. The van der Waals surface area contributed by atoms with E-state index in [2.05, 4.69) is 13.8 Å². The SMILES string of the molecule is CCC(C)c1cccc(C(=O)CO)c1. The number of benzene rings is 1. The molecule has 0 aliphatic heterocycles. The van der Waals surface area contributed by atoms with Crippen LogP contribution in [0, 0.1) is 0 Å². The molecule has 0 fully saturated rings. The van der Waals surface area contributed by atoms with E-state index in [1.54, 1.807) is 6.07 Å². The summed E-state index contributed by atoms with van der Waals surface area (Å²) in [5.74, 6) is 0.247. The van der Waals surface area contributed by atoms with E-state index in [4.69, 9.17) is 5.11 Å². The average molecular weight is 192 g/mol. The van der Waals surface area contributed by atoms with Crippen LogP contribution in [0.5, 0.6) is 0 Å². The third-order valence-corrected chi connectivity index (χ3v) is 2.53. The van der Waals surface area contributed by atoms with E-state index in [1.807, 2.05) is 18.2 Å². The molecule has 0 bridgehead atoms. The van der Waals surface area contributed by atoms with Crippen LogP contribution in [0.25, 0.3) is 0 Å². The Labute approximate surface area is 84.6 Å². The van der Waals surface area contributed by atoms with Crippen molar-refractivity contribution in [2.75, 3.05) is 6.61 Å². The van der Waals surface area contributed by atoms with Gasteiger partial charge in [-0.25, -0.2) is 0 Å². The molecule has 0 aliphatic rings. The summed E-state index contributed by atoms with van der Waals surface area (Å²) in [6, 6.07) is 7.49. The second-order valence-electron chi connectivity index (χ2n) is 3.52. The van der Waals surface area contributed by atoms with E-state index in [-0.39, 0.29) is 5.78 Å². The maximum atomic E-state index is 11.2. The number of ketones is 1.